The van der Waals surface area contributed by atoms with Gasteiger partial charge in [0.05, 0.1) is 0 Å². The first-order chi connectivity index (χ1) is 2.77. The summed E-state index contributed by atoms with van der Waals surface area (Å²) in [6.07, 6.45) is 2.56. The molecule has 2 nitrogen and oxygen atoms in total. The van der Waals surface area contributed by atoms with Crippen LogP contribution < -0.4 is 0 Å². The van der Waals surface area contributed by atoms with Crippen LogP contribution >= 0.6 is 0 Å². The Hall–Kier alpha value is 0.846. The minimum atomic E-state index is -0.891. The van der Waals surface area contributed by atoms with Crippen LogP contribution in [0.5, 0.6) is 0 Å². The van der Waals surface area contributed by atoms with E-state index >= 15 is 0 Å². The monoisotopic (exact) mass is 125 g/mol. The normalized spacial score (nSPS) is 8.14. The third-order valence-corrected chi connectivity index (χ3v) is 0.309. The van der Waals surface area contributed by atoms with Gasteiger partial charge >= 0.3 is 5.97 Å². The summed E-state index contributed by atoms with van der Waals surface area (Å²) < 4.78 is 0. The molecule has 0 rings (SSSR count). The van der Waals surface area contributed by atoms with Crippen LogP contribution in [0.3, 0.4) is 0 Å². The number of hydrogen-bond acceptors (Lipinski definition) is 1. The van der Waals surface area contributed by atoms with Crippen LogP contribution in [-0.4, -0.2) is 62.5 Å². The minimum Gasteiger partial charge on any atom is -0.478 e. The van der Waals surface area contributed by atoms with Crippen molar-refractivity contribution in [2.45, 2.75) is 6.92 Å². The zero-order valence-corrected chi connectivity index (χ0v) is 7.63. The van der Waals surface area contributed by atoms with Gasteiger partial charge in [-0.3, -0.25) is 0 Å². The second-order valence-electron chi connectivity index (χ2n) is 0.838. The van der Waals surface area contributed by atoms with Gasteiger partial charge in [-0.1, -0.05) is 6.08 Å². The summed E-state index contributed by atoms with van der Waals surface area (Å²) in [5.74, 6) is -0.891. The fourth-order valence-corrected chi connectivity index (χ4v) is 0.143. The second-order valence-corrected chi connectivity index (χ2v) is 0.838. The van der Waals surface area contributed by atoms with Crippen LogP contribution in [0.4, 0.5) is 0 Å². The molecular weight excluding hydrogens is 119 g/mol. The molecule has 0 aromatic carbocycles. The number of carboxylic acids is 1. The first kappa shape index (κ1) is 10.8. The van der Waals surface area contributed by atoms with Gasteiger partial charge in [0.15, 0.2) is 0 Å². The van der Waals surface area contributed by atoms with Gasteiger partial charge in [-0.25, -0.2) is 4.79 Å². The molecule has 1 N–H and O–H groups in total. The van der Waals surface area contributed by atoms with Crippen molar-refractivity contribution in [3.8, 4) is 0 Å². The number of allylic oxidation sites excluding steroid dienone is 1. The van der Waals surface area contributed by atoms with E-state index in [1.165, 1.54) is 6.08 Å². The van der Waals surface area contributed by atoms with E-state index in [9.17, 15) is 4.79 Å². The Kier molecular flexibility index (Phi) is 10.5. The maximum Gasteiger partial charge on any atom is 0.327 e. The molecule has 0 bridgehead atoms. The van der Waals surface area contributed by atoms with Crippen LogP contribution in [0.15, 0.2) is 12.2 Å². The second kappa shape index (κ2) is 6.85. The minimum absolute atomic E-state index is 0. The maximum absolute atomic E-state index is 9.51. The topological polar surface area (TPSA) is 37.3 Å². The summed E-state index contributed by atoms with van der Waals surface area (Å²) in [4.78, 5) is 9.51. The quantitative estimate of drug-likeness (QED) is 0.403. The predicted octanol–water partition coefficient (Wildman–Crippen LogP) is 0.266. The summed E-state index contributed by atoms with van der Waals surface area (Å²) in [5.41, 5.74) is 0. The fraction of sp³-hybridized carbons (Fsp3) is 0.250. The smallest absolute Gasteiger partial charge is 0.327 e. The van der Waals surface area contributed by atoms with Gasteiger partial charge in [-0.15, -0.1) is 0 Å². The van der Waals surface area contributed by atoms with Gasteiger partial charge in [0.1, 0.15) is 0 Å². The fourth-order valence-electron chi connectivity index (χ4n) is 0.143. The molecule has 1 radical (unpaired) electrons. The number of carbonyl (C=O) groups is 1. The summed E-state index contributed by atoms with van der Waals surface area (Å²) in [5, 5.41) is 7.83. The van der Waals surface area contributed by atoms with Crippen LogP contribution in [0.25, 0.3) is 0 Å². The van der Waals surface area contributed by atoms with Crippen LogP contribution in [-0.2, 0) is 4.79 Å². The van der Waals surface area contributed by atoms with Gasteiger partial charge in [0, 0.05) is 57.5 Å². The van der Waals surface area contributed by atoms with Crippen LogP contribution in [0.2, 0.25) is 0 Å². The van der Waals surface area contributed by atoms with Crippen LogP contribution in [0.1, 0.15) is 6.92 Å². The van der Waals surface area contributed by atoms with Crippen molar-refractivity contribution in [1.82, 2.24) is 0 Å². The summed E-state index contributed by atoms with van der Waals surface area (Å²) in [6, 6.07) is 0. The molecule has 7 heavy (non-hydrogen) atoms. The molecule has 0 saturated carbocycles. The molecule has 0 aromatic rings. The number of rotatable bonds is 1. The predicted molar refractivity (Wildman–Crippen MR) is 28.2 cm³/mol. The average molecular weight is 125 g/mol. The Morgan fingerprint density at radius 2 is 2.14 bits per heavy atom. The molecule has 0 spiro atoms. The van der Waals surface area contributed by atoms with E-state index in [4.69, 9.17) is 5.11 Å². The maximum atomic E-state index is 9.51. The largest absolute Gasteiger partial charge is 0.478 e. The molecule has 0 aliphatic heterocycles. The third-order valence-electron chi connectivity index (χ3n) is 0.309. The van der Waals surface area contributed by atoms with Crippen molar-refractivity contribution in [1.29, 1.82) is 0 Å². The first-order valence-corrected chi connectivity index (χ1v) is 1.63. The summed E-state index contributed by atoms with van der Waals surface area (Å²) in [7, 11) is 0. The zero-order valence-electron chi connectivity index (χ0n) is 4.51. The van der Waals surface area contributed by atoms with Crippen molar-refractivity contribution in [2.24, 2.45) is 0 Å². The Labute approximate surface area is 85.0 Å². The molecular formula is C4H6KO2. The van der Waals surface area contributed by atoms with E-state index in [0.717, 1.165) is 6.08 Å². The van der Waals surface area contributed by atoms with Crippen LogP contribution in [0, 0.1) is 0 Å². The number of hydrogen-bond donors (Lipinski definition) is 1. The first-order valence-electron chi connectivity index (χ1n) is 1.63. The molecule has 0 aromatic heterocycles. The summed E-state index contributed by atoms with van der Waals surface area (Å²) in [6.45, 7) is 1.66. The van der Waals surface area contributed by atoms with E-state index in [1.54, 1.807) is 6.92 Å². The molecule has 0 amide bonds. The van der Waals surface area contributed by atoms with Gasteiger partial charge in [-0.2, -0.15) is 0 Å². The van der Waals surface area contributed by atoms with Gasteiger partial charge in [0.2, 0.25) is 0 Å². The SMILES string of the molecule is C/C=C/C(=O)O.[K]. The Balaban J connectivity index is 0. The molecule has 0 atom stereocenters. The molecule has 0 saturated heterocycles. The molecule has 0 heterocycles. The van der Waals surface area contributed by atoms with E-state index in [-0.39, 0.29) is 51.4 Å². The average Bonchev–Trinajstić information content (AvgIpc) is 1.35. The van der Waals surface area contributed by atoms with E-state index in [1.807, 2.05) is 0 Å². The molecule has 0 aliphatic rings. The number of aliphatic carboxylic acids is 1. The number of carboxylic acid groups (broad SMARTS) is 1. The third kappa shape index (κ3) is 10.9. The van der Waals surface area contributed by atoms with Gasteiger partial charge < -0.3 is 5.11 Å². The summed E-state index contributed by atoms with van der Waals surface area (Å²) >= 11 is 0. The Morgan fingerprint density at radius 3 is 2.14 bits per heavy atom. The van der Waals surface area contributed by atoms with E-state index in [0.29, 0.717) is 0 Å². The molecule has 0 aliphatic carbocycles. The van der Waals surface area contributed by atoms with E-state index < -0.39 is 5.97 Å². The van der Waals surface area contributed by atoms with E-state index in [2.05, 4.69) is 0 Å². The van der Waals surface area contributed by atoms with Crippen molar-refractivity contribution in [2.75, 3.05) is 0 Å². The van der Waals surface area contributed by atoms with Gasteiger partial charge in [0.25, 0.3) is 0 Å². The molecule has 0 unspecified atom stereocenters. The van der Waals surface area contributed by atoms with Crippen molar-refractivity contribution < 1.29 is 9.90 Å². The van der Waals surface area contributed by atoms with Crippen molar-refractivity contribution >= 4 is 57.4 Å². The Morgan fingerprint density at radius 1 is 1.71 bits per heavy atom. The van der Waals surface area contributed by atoms with Crippen molar-refractivity contribution in [3.63, 3.8) is 0 Å². The molecule has 3 heteroatoms. The Bertz CT molecular complexity index is 77.8. The molecule has 35 valence electrons. The molecule has 0 fully saturated rings. The van der Waals surface area contributed by atoms with Crippen molar-refractivity contribution in [3.05, 3.63) is 12.2 Å². The van der Waals surface area contributed by atoms with Gasteiger partial charge in [-0.05, 0) is 6.92 Å². The standard InChI is InChI=1S/C4H6O2.K/c1-2-3-4(5)6;/h2-3H,1H3,(H,5,6);/b3-2+;. The zero-order chi connectivity index (χ0) is 4.99.